The summed E-state index contributed by atoms with van der Waals surface area (Å²) in [5.74, 6) is 0. The Balaban J connectivity index is 1.89. The van der Waals surface area contributed by atoms with Gasteiger partial charge in [0, 0.05) is 32.6 Å². The Kier molecular flexibility index (Phi) is 7.01. The molecule has 1 rings (SSSR count). The van der Waals surface area contributed by atoms with E-state index >= 15 is 0 Å². The molecule has 0 aromatic rings. The van der Waals surface area contributed by atoms with E-state index in [2.05, 4.69) is 16.8 Å². The predicted molar refractivity (Wildman–Crippen MR) is 67.9 cm³/mol. The molecule has 1 aliphatic heterocycles. The van der Waals surface area contributed by atoms with Crippen LogP contribution >= 0.6 is 11.6 Å². The van der Waals surface area contributed by atoms with Crippen molar-refractivity contribution in [2.45, 2.75) is 32.1 Å². The van der Waals surface area contributed by atoms with Gasteiger partial charge in [-0.05, 0) is 38.0 Å². The van der Waals surface area contributed by atoms with Crippen molar-refractivity contribution in [3.05, 3.63) is 0 Å². The van der Waals surface area contributed by atoms with E-state index in [4.69, 9.17) is 11.6 Å². The second-order valence-corrected chi connectivity index (χ2v) is 5.09. The van der Waals surface area contributed by atoms with Crippen LogP contribution in [-0.2, 0) is 4.79 Å². The SMILES string of the molecule is CN1CCN(CCCCCCC(=O)Cl)CC1. The van der Waals surface area contributed by atoms with E-state index in [0.29, 0.717) is 6.42 Å². The minimum atomic E-state index is -0.195. The molecule has 0 unspecified atom stereocenters. The van der Waals surface area contributed by atoms with Gasteiger partial charge in [-0.25, -0.2) is 0 Å². The van der Waals surface area contributed by atoms with Gasteiger partial charge in [-0.15, -0.1) is 0 Å². The van der Waals surface area contributed by atoms with E-state index < -0.39 is 0 Å². The topological polar surface area (TPSA) is 23.6 Å². The number of hydrogen-bond acceptors (Lipinski definition) is 3. The van der Waals surface area contributed by atoms with Crippen molar-refractivity contribution in [3.8, 4) is 0 Å². The van der Waals surface area contributed by atoms with Crippen molar-refractivity contribution in [1.82, 2.24) is 9.80 Å². The van der Waals surface area contributed by atoms with E-state index in [9.17, 15) is 4.79 Å². The monoisotopic (exact) mass is 246 g/mol. The number of carbonyl (C=O) groups excluding carboxylic acids is 1. The van der Waals surface area contributed by atoms with Crippen LogP contribution in [0.3, 0.4) is 0 Å². The van der Waals surface area contributed by atoms with Gasteiger partial charge in [-0.3, -0.25) is 4.79 Å². The molecule has 1 aliphatic rings. The minimum absolute atomic E-state index is 0.195. The number of nitrogens with zero attached hydrogens (tertiary/aromatic N) is 2. The third-order valence-corrected chi connectivity index (χ3v) is 3.38. The molecule has 0 aromatic heterocycles. The zero-order chi connectivity index (χ0) is 11.8. The van der Waals surface area contributed by atoms with Crippen molar-refractivity contribution in [3.63, 3.8) is 0 Å². The lowest BCUT2D eigenvalue weighted by Gasteiger charge is -2.32. The molecule has 0 aliphatic carbocycles. The summed E-state index contributed by atoms with van der Waals surface area (Å²) < 4.78 is 0. The second kappa shape index (κ2) is 8.04. The highest BCUT2D eigenvalue weighted by atomic mass is 35.5. The van der Waals surface area contributed by atoms with Crippen LogP contribution in [0.1, 0.15) is 32.1 Å². The predicted octanol–water partition coefficient (Wildman–Crippen LogP) is 1.95. The van der Waals surface area contributed by atoms with Crippen LogP contribution in [0.5, 0.6) is 0 Å². The lowest BCUT2D eigenvalue weighted by atomic mass is 10.1. The normalized spacial score (nSPS) is 18.9. The van der Waals surface area contributed by atoms with Crippen molar-refractivity contribution in [2.75, 3.05) is 39.8 Å². The summed E-state index contributed by atoms with van der Waals surface area (Å²) in [7, 11) is 2.18. The fraction of sp³-hybridized carbons (Fsp3) is 0.917. The summed E-state index contributed by atoms with van der Waals surface area (Å²) in [4.78, 5) is 15.4. The lowest BCUT2D eigenvalue weighted by Crippen LogP contribution is -2.44. The Labute approximate surface area is 104 Å². The van der Waals surface area contributed by atoms with Crippen molar-refractivity contribution in [2.24, 2.45) is 0 Å². The molecule has 0 bridgehead atoms. The number of rotatable bonds is 7. The molecule has 0 aromatic carbocycles. The maximum atomic E-state index is 10.5. The Hall–Kier alpha value is -0.120. The van der Waals surface area contributed by atoms with Gasteiger partial charge in [0.05, 0.1) is 0 Å². The molecule has 4 heteroatoms. The van der Waals surface area contributed by atoms with Crippen LogP contribution in [-0.4, -0.2) is 54.8 Å². The summed E-state index contributed by atoms with van der Waals surface area (Å²) in [5.41, 5.74) is 0. The first kappa shape index (κ1) is 13.9. The molecule has 0 N–H and O–H groups in total. The Morgan fingerprint density at radius 2 is 1.69 bits per heavy atom. The number of carbonyl (C=O) groups is 1. The number of likely N-dealkylation sites (N-methyl/N-ethyl adjacent to an activating group) is 1. The zero-order valence-corrected chi connectivity index (χ0v) is 11.0. The summed E-state index contributed by atoms with van der Waals surface area (Å²) in [6.45, 7) is 6.01. The van der Waals surface area contributed by atoms with Crippen molar-refractivity contribution < 1.29 is 4.79 Å². The molecule has 16 heavy (non-hydrogen) atoms. The molecular weight excluding hydrogens is 224 g/mol. The van der Waals surface area contributed by atoms with E-state index in [0.717, 1.165) is 12.8 Å². The number of unbranched alkanes of at least 4 members (excludes halogenated alkanes) is 3. The number of halogens is 1. The summed E-state index contributed by atoms with van der Waals surface area (Å²) in [6.07, 6.45) is 5.09. The van der Waals surface area contributed by atoms with Gasteiger partial charge >= 0.3 is 0 Å². The summed E-state index contributed by atoms with van der Waals surface area (Å²) >= 11 is 5.27. The Morgan fingerprint density at radius 3 is 2.31 bits per heavy atom. The van der Waals surface area contributed by atoms with Gasteiger partial charge in [-0.1, -0.05) is 12.8 Å². The van der Waals surface area contributed by atoms with Crippen molar-refractivity contribution >= 4 is 16.8 Å². The first-order chi connectivity index (χ1) is 7.68. The van der Waals surface area contributed by atoms with Gasteiger partial charge in [0.2, 0.25) is 5.24 Å². The average molecular weight is 247 g/mol. The number of hydrogen-bond donors (Lipinski definition) is 0. The van der Waals surface area contributed by atoms with Crippen molar-refractivity contribution in [1.29, 1.82) is 0 Å². The Morgan fingerprint density at radius 1 is 1.06 bits per heavy atom. The molecule has 0 atom stereocenters. The third kappa shape index (κ3) is 6.46. The highest BCUT2D eigenvalue weighted by molar-refractivity contribution is 6.63. The van der Waals surface area contributed by atoms with E-state index in [1.54, 1.807) is 0 Å². The van der Waals surface area contributed by atoms with Crippen LogP contribution in [0.2, 0.25) is 0 Å². The largest absolute Gasteiger partial charge is 0.304 e. The maximum Gasteiger partial charge on any atom is 0.221 e. The third-order valence-electron chi connectivity index (χ3n) is 3.19. The number of piperazine rings is 1. The van der Waals surface area contributed by atoms with Crippen LogP contribution in [0.15, 0.2) is 0 Å². The van der Waals surface area contributed by atoms with Gasteiger partial charge in [0.1, 0.15) is 0 Å². The fourth-order valence-corrected chi connectivity index (χ4v) is 2.16. The quantitative estimate of drug-likeness (QED) is 0.507. The molecule has 0 spiro atoms. The molecule has 0 saturated carbocycles. The van der Waals surface area contributed by atoms with E-state index in [1.807, 2.05) is 0 Å². The van der Waals surface area contributed by atoms with Crippen LogP contribution in [0.4, 0.5) is 0 Å². The lowest BCUT2D eigenvalue weighted by molar-refractivity contribution is -0.111. The minimum Gasteiger partial charge on any atom is -0.304 e. The van der Waals surface area contributed by atoms with Crippen LogP contribution < -0.4 is 0 Å². The molecule has 3 nitrogen and oxygen atoms in total. The molecule has 0 radical (unpaired) electrons. The smallest absolute Gasteiger partial charge is 0.221 e. The molecule has 1 heterocycles. The average Bonchev–Trinajstić information content (AvgIpc) is 2.25. The summed E-state index contributed by atoms with van der Waals surface area (Å²) in [5, 5.41) is -0.195. The van der Waals surface area contributed by atoms with E-state index in [-0.39, 0.29) is 5.24 Å². The van der Waals surface area contributed by atoms with Crippen LogP contribution in [0, 0.1) is 0 Å². The Bertz CT molecular complexity index is 203. The molecule has 94 valence electrons. The summed E-state index contributed by atoms with van der Waals surface area (Å²) in [6, 6.07) is 0. The first-order valence-corrected chi connectivity index (χ1v) is 6.65. The van der Waals surface area contributed by atoms with Gasteiger partial charge in [-0.2, -0.15) is 0 Å². The van der Waals surface area contributed by atoms with Crippen LogP contribution in [0.25, 0.3) is 0 Å². The zero-order valence-electron chi connectivity index (χ0n) is 10.3. The molecule has 1 saturated heterocycles. The standard InChI is InChI=1S/C12H23ClN2O/c1-14-8-10-15(11-9-14)7-5-3-2-4-6-12(13)16/h2-11H2,1H3. The molecular formula is C12H23ClN2O. The second-order valence-electron chi connectivity index (χ2n) is 4.66. The fourth-order valence-electron chi connectivity index (χ4n) is 2.02. The highest BCUT2D eigenvalue weighted by Crippen LogP contribution is 2.07. The van der Waals surface area contributed by atoms with Gasteiger partial charge in [0.25, 0.3) is 0 Å². The highest BCUT2D eigenvalue weighted by Gasteiger charge is 2.12. The van der Waals surface area contributed by atoms with Gasteiger partial charge < -0.3 is 9.80 Å². The maximum absolute atomic E-state index is 10.5. The molecule has 1 fully saturated rings. The van der Waals surface area contributed by atoms with Gasteiger partial charge in [0.15, 0.2) is 0 Å². The molecule has 0 amide bonds. The van der Waals surface area contributed by atoms with E-state index in [1.165, 1.54) is 45.6 Å². The first-order valence-electron chi connectivity index (χ1n) is 6.28.